The van der Waals surface area contributed by atoms with Gasteiger partial charge in [0.2, 0.25) is 0 Å². The van der Waals surface area contributed by atoms with Crippen molar-refractivity contribution in [3.8, 4) is 0 Å². The summed E-state index contributed by atoms with van der Waals surface area (Å²) in [7, 11) is 0. The van der Waals surface area contributed by atoms with Crippen LogP contribution in [0, 0.1) is 0 Å². The maximum absolute atomic E-state index is 13.0. The zero-order valence-corrected chi connectivity index (χ0v) is 55.2. The fourth-order valence-electron chi connectivity index (χ4n) is 10.5. The van der Waals surface area contributed by atoms with E-state index in [2.05, 4.69) is 106 Å². The van der Waals surface area contributed by atoms with E-state index in [9.17, 15) is 14.4 Å². The van der Waals surface area contributed by atoms with E-state index in [0.717, 1.165) is 109 Å². The van der Waals surface area contributed by atoms with Crippen molar-refractivity contribution >= 4 is 17.9 Å². The number of allylic oxidation sites excluding steroid dienone is 14. The van der Waals surface area contributed by atoms with E-state index in [1.807, 2.05) is 0 Å². The highest BCUT2D eigenvalue weighted by atomic mass is 16.6. The third kappa shape index (κ3) is 69.3. The molecule has 0 N–H and O–H groups in total. The summed E-state index contributed by atoms with van der Waals surface area (Å²) in [6, 6.07) is 0. The summed E-state index contributed by atoms with van der Waals surface area (Å²) in [5, 5.41) is 0. The fraction of sp³-hybridized carbons (Fsp3) is 0.779. The molecule has 0 aromatic heterocycles. The summed E-state index contributed by atoms with van der Waals surface area (Å²) in [5.74, 6) is -0.886. The molecule has 1 unspecified atom stereocenters. The minimum absolute atomic E-state index is 0.0813. The second kappa shape index (κ2) is 71.1. The topological polar surface area (TPSA) is 78.9 Å². The van der Waals surface area contributed by atoms with Crippen LogP contribution < -0.4 is 0 Å². The third-order valence-corrected chi connectivity index (χ3v) is 15.9. The van der Waals surface area contributed by atoms with E-state index in [0.29, 0.717) is 19.3 Å². The third-order valence-electron chi connectivity index (χ3n) is 15.9. The maximum Gasteiger partial charge on any atom is 0.306 e. The van der Waals surface area contributed by atoms with Gasteiger partial charge in [-0.15, -0.1) is 0 Å². The molecule has 480 valence electrons. The molecular weight excluding hydrogens is 1020 g/mol. The summed E-state index contributed by atoms with van der Waals surface area (Å²) in [5.41, 5.74) is 0. The predicted octanol–water partition coefficient (Wildman–Crippen LogP) is 25.0. The van der Waals surface area contributed by atoms with Gasteiger partial charge in [-0.3, -0.25) is 14.4 Å². The highest BCUT2D eigenvalue weighted by Gasteiger charge is 2.19. The molecule has 6 heteroatoms. The van der Waals surface area contributed by atoms with Gasteiger partial charge in [0.25, 0.3) is 0 Å². The van der Waals surface area contributed by atoms with Gasteiger partial charge in [0.15, 0.2) is 6.10 Å². The van der Waals surface area contributed by atoms with Gasteiger partial charge in [0.05, 0.1) is 0 Å². The Morgan fingerprint density at radius 3 is 0.747 bits per heavy atom. The van der Waals surface area contributed by atoms with E-state index in [-0.39, 0.29) is 31.1 Å². The highest BCUT2D eigenvalue weighted by molar-refractivity contribution is 5.71. The second-order valence-corrected chi connectivity index (χ2v) is 24.1. The van der Waals surface area contributed by atoms with Crippen molar-refractivity contribution in [2.24, 2.45) is 0 Å². The van der Waals surface area contributed by atoms with E-state index < -0.39 is 6.10 Å². The van der Waals surface area contributed by atoms with Crippen molar-refractivity contribution in [2.45, 2.75) is 374 Å². The number of carbonyl (C=O) groups excluding carboxylic acids is 3. The Morgan fingerprint density at radius 2 is 0.470 bits per heavy atom. The lowest BCUT2D eigenvalue weighted by molar-refractivity contribution is -0.167. The molecule has 6 nitrogen and oxygen atoms in total. The zero-order valence-electron chi connectivity index (χ0n) is 55.2. The number of unbranched alkanes of at least 4 members (excludes halogenated alkanes) is 41. The number of rotatable bonds is 66. The first-order chi connectivity index (χ1) is 41.0. The van der Waals surface area contributed by atoms with Crippen LogP contribution in [0.5, 0.6) is 0 Å². The molecule has 0 spiro atoms. The number of ether oxygens (including phenoxy) is 3. The molecule has 0 radical (unpaired) electrons. The Kier molecular flexibility index (Phi) is 68.2. The molecule has 0 aromatic rings. The molecule has 0 fully saturated rings. The van der Waals surface area contributed by atoms with Gasteiger partial charge in [-0.25, -0.2) is 0 Å². The normalized spacial score (nSPS) is 12.6. The molecule has 0 aromatic carbocycles. The molecule has 0 aliphatic heterocycles. The predicted molar refractivity (Wildman–Crippen MR) is 362 cm³/mol. The lowest BCUT2D eigenvalue weighted by Crippen LogP contribution is -2.30. The van der Waals surface area contributed by atoms with Gasteiger partial charge >= 0.3 is 17.9 Å². The average molecular weight is 1160 g/mol. The quantitative estimate of drug-likeness (QED) is 0.0261. The maximum atomic E-state index is 13.0. The number of hydrogen-bond donors (Lipinski definition) is 0. The Bertz CT molecular complexity index is 1570. The van der Waals surface area contributed by atoms with Crippen molar-refractivity contribution < 1.29 is 28.6 Å². The largest absolute Gasteiger partial charge is 0.462 e. The van der Waals surface area contributed by atoms with Crippen molar-refractivity contribution in [1.82, 2.24) is 0 Å². The van der Waals surface area contributed by atoms with Crippen molar-refractivity contribution in [3.63, 3.8) is 0 Å². The lowest BCUT2D eigenvalue weighted by atomic mass is 10.0. The van der Waals surface area contributed by atoms with Gasteiger partial charge in [-0.05, 0) is 96.3 Å². The van der Waals surface area contributed by atoms with Crippen LogP contribution >= 0.6 is 0 Å². The molecular formula is C77H136O6. The molecule has 0 aliphatic rings. The summed E-state index contributed by atoms with van der Waals surface area (Å²) in [6.07, 6.45) is 94.6. The van der Waals surface area contributed by atoms with Crippen molar-refractivity contribution in [1.29, 1.82) is 0 Å². The van der Waals surface area contributed by atoms with Gasteiger partial charge in [0.1, 0.15) is 13.2 Å². The van der Waals surface area contributed by atoms with Gasteiger partial charge in [-0.1, -0.05) is 337 Å². The molecule has 0 saturated heterocycles. The first kappa shape index (κ1) is 79.6. The SMILES string of the molecule is CC/C=C\C/C=C\C/C=C\C/C=C\C/C=C\C/C=C\CCCCCCC(=O)OCC(COC(=O)CCCCCCCCCCCCCCCCCCCCC)OC(=O)CCCCCCCCCCCCC/C=C\CCCCCCCCCC. The van der Waals surface area contributed by atoms with Crippen LogP contribution in [0.4, 0.5) is 0 Å². The van der Waals surface area contributed by atoms with Gasteiger partial charge < -0.3 is 14.2 Å². The Hall–Kier alpha value is -3.41. The summed E-state index contributed by atoms with van der Waals surface area (Å²) < 4.78 is 17.0. The molecule has 0 aliphatic carbocycles. The van der Waals surface area contributed by atoms with E-state index in [1.54, 1.807) is 0 Å². The van der Waals surface area contributed by atoms with Crippen LogP contribution in [0.3, 0.4) is 0 Å². The van der Waals surface area contributed by atoms with Crippen LogP contribution in [0.2, 0.25) is 0 Å². The highest BCUT2D eigenvalue weighted by Crippen LogP contribution is 2.18. The zero-order chi connectivity index (χ0) is 59.9. The summed E-state index contributed by atoms with van der Waals surface area (Å²) in [6.45, 7) is 6.57. The number of hydrogen-bond acceptors (Lipinski definition) is 6. The Morgan fingerprint density at radius 1 is 0.253 bits per heavy atom. The molecule has 1 atom stereocenters. The van der Waals surface area contributed by atoms with Crippen molar-refractivity contribution in [2.75, 3.05) is 13.2 Å². The average Bonchev–Trinajstić information content (AvgIpc) is 3.49. The summed E-state index contributed by atoms with van der Waals surface area (Å²) >= 11 is 0. The van der Waals surface area contributed by atoms with Crippen LogP contribution in [0.25, 0.3) is 0 Å². The molecule has 0 saturated carbocycles. The van der Waals surface area contributed by atoms with Gasteiger partial charge in [0, 0.05) is 19.3 Å². The van der Waals surface area contributed by atoms with Crippen LogP contribution in [-0.2, 0) is 28.6 Å². The smallest absolute Gasteiger partial charge is 0.306 e. The van der Waals surface area contributed by atoms with E-state index >= 15 is 0 Å². The van der Waals surface area contributed by atoms with E-state index in [4.69, 9.17) is 14.2 Å². The van der Waals surface area contributed by atoms with E-state index in [1.165, 1.54) is 218 Å². The lowest BCUT2D eigenvalue weighted by Gasteiger charge is -2.18. The number of esters is 3. The standard InChI is InChI=1S/C77H136O6/c1-4-7-10-13-16-19-22-25-28-31-34-36-38-40-43-46-49-52-55-58-61-64-67-70-76(79)82-73-74(72-81-75(78)69-66-63-60-57-54-51-48-45-42-33-30-27-24-21-18-15-12-9-6-3)83-77(80)71-68-65-62-59-56-53-50-47-44-41-39-37-35-32-29-26-23-20-17-14-11-8-5-2/h7,10,16,19,25,28,32,34-36,40,43,49,52,74H,4-6,8-9,11-15,17-18,20-24,26-27,29-31,33,37-39,41-42,44-48,50-51,53-73H2,1-3H3/b10-7-,19-16-,28-25-,35-32-,36-34-,43-40-,52-49-. The summed E-state index contributed by atoms with van der Waals surface area (Å²) in [4.78, 5) is 38.5. The Labute approximate surface area is 515 Å². The molecule has 0 heterocycles. The fourth-order valence-corrected chi connectivity index (χ4v) is 10.5. The second-order valence-electron chi connectivity index (χ2n) is 24.1. The first-order valence-electron chi connectivity index (χ1n) is 36.1. The van der Waals surface area contributed by atoms with Gasteiger partial charge in [-0.2, -0.15) is 0 Å². The Balaban J connectivity index is 4.40. The van der Waals surface area contributed by atoms with Crippen molar-refractivity contribution in [3.05, 3.63) is 85.1 Å². The molecule has 0 rings (SSSR count). The van der Waals surface area contributed by atoms with Crippen LogP contribution in [0.1, 0.15) is 367 Å². The minimum Gasteiger partial charge on any atom is -0.462 e. The molecule has 83 heavy (non-hydrogen) atoms. The molecule has 0 amide bonds. The number of carbonyl (C=O) groups is 3. The monoisotopic (exact) mass is 1160 g/mol. The van der Waals surface area contributed by atoms with Crippen LogP contribution in [-0.4, -0.2) is 37.2 Å². The minimum atomic E-state index is -0.789. The first-order valence-corrected chi connectivity index (χ1v) is 36.1. The van der Waals surface area contributed by atoms with Crippen LogP contribution in [0.15, 0.2) is 85.1 Å². The molecule has 0 bridgehead atoms.